The molecule has 3 aromatic rings. The van der Waals surface area contributed by atoms with Gasteiger partial charge in [-0.1, -0.05) is 17.7 Å². The molecule has 0 bridgehead atoms. The molecule has 1 aliphatic carbocycles. The van der Waals surface area contributed by atoms with Crippen LogP contribution in [0.2, 0.25) is 0 Å². The Morgan fingerprint density at radius 1 is 1.20 bits per heavy atom. The van der Waals surface area contributed by atoms with Crippen molar-refractivity contribution in [3.8, 4) is 0 Å². The molecule has 1 N–H and O–H groups in total. The summed E-state index contributed by atoms with van der Waals surface area (Å²) in [7, 11) is 0. The van der Waals surface area contributed by atoms with Gasteiger partial charge in [0.1, 0.15) is 18.4 Å². The van der Waals surface area contributed by atoms with E-state index in [-0.39, 0.29) is 18.0 Å². The van der Waals surface area contributed by atoms with Crippen molar-refractivity contribution in [1.29, 1.82) is 0 Å². The van der Waals surface area contributed by atoms with Crippen LogP contribution in [-0.2, 0) is 24.2 Å². The van der Waals surface area contributed by atoms with Gasteiger partial charge < -0.3 is 5.32 Å². The maximum Gasteiger partial charge on any atom is 0.293 e. The van der Waals surface area contributed by atoms with Crippen LogP contribution in [0.1, 0.15) is 29.7 Å². The van der Waals surface area contributed by atoms with E-state index in [0.29, 0.717) is 11.2 Å². The molecule has 128 valence electrons. The van der Waals surface area contributed by atoms with Crippen molar-refractivity contribution in [2.45, 2.75) is 39.2 Å². The molecular weight excluding hydrogens is 318 g/mol. The largest absolute Gasteiger partial charge is 0.324 e. The van der Waals surface area contributed by atoms with Gasteiger partial charge in [-0.05, 0) is 44.7 Å². The number of aromatic nitrogens is 4. The van der Waals surface area contributed by atoms with E-state index in [9.17, 15) is 9.59 Å². The van der Waals surface area contributed by atoms with E-state index >= 15 is 0 Å². The molecule has 0 atom stereocenters. The molecule has 0 fully saturated rings. The molecule has 0 unspecified atom stereocenters. The molecule has 2 aromatic heterocycles. The quantitative estimate of drug-likeness (QED) is 0.789. The van der Waals surface area contributed by atoms with E-state index in [0.717, 1.165) is 42.5 Å². The summed E-state index contributed by atoms with van der Waals surface area (Å²) in [6.07, 6.45) is 5.41. The predicted molar refractivity (Wildman–Crippen MR) is 93.7 cm³/mol. The topological polar surface area (TPSA) is 81.3 Å². The lowest BCUT2D eigenvalue weighted by atomic mass is 9.97. The number of hydrogen-bond acceptors (Lipinski definition) is 4. The highest BCUT2D eigenvalue weighted by Gasteiger charge is 2.20. The SMILES string of the molecule is Cc1ccc(NC(=O)Cn2ncn3nc4c(c3c2=O)CCCC4)cc1. The van der Waals surface area contributed by atoms with Gasteiger partial charge in [0.15, 0.2) is 0 Å². The zero-order chi connectivity index (χ0) is 17.4. The van der Waals surface area contributed by atoms with Gasteiger partial charge in [0.2, 0.25) is 5.91 Å². The highest BCUT2D eigenvalue weighted by Crippen LogP contribution is 2.22. The minimum absolute atomic E-state index is 0.122. The van der Waals surface area contributed by atoms with E-state index in [4.69, 9.17) is 0 Å². The zero-order valence-electron chi connectivity index (χ0n) is 14.0. The molecule has 25 heavy (non-hydrogen) atoms. The van der Waals surface area contributed by atoms with Crippen LogP contribution in [-0.4, -0.2) is 25.3 Å². The lowest BCUT2D eigenvalue weighted by Crippen LogP contribution is -2.31. The maximum atomic E-state index is 12.8. The molecule has 1 aromatic carbocycles. The van der Waals surface area contributed by atoms with E-state index in [1.165, 1.54) is 11.0 Å². The molecule has 0 radical (unpaired) electrons. The minimum atomic E-state index is -0.281. The number of aryl methyl sites for hydroxylation is 3. The van der Waals surface area contributed by atoms with Crippen LogP contribution in [0, 0.1) is 6.92 Å². The van der Waals surface area contributed by atoms with Gasteiger partial charge in [-0.3, -0.25) is 9.59 Å². The molecule has 1 aliphatic rings. The van der Waals surface area contributed by atoms with Gasteiger partial charge in [0.05, 0.1) is 5.69 Å². The van der Waals surface area contributed by atoms with E-state index in [1.54, 1.807) is 4.52 Å². The van der Waals surface area contributed by atoms with Crippen LogP contribution < -0.4 is 10.9 Å². The Hall–Kier alpha value is -2.96. The molecule has 1 amide bonds. The van der Waals surface area contributed by atoms with Gasteiger partial charge in [-0.25, -0.2) is 9.20 Å². The average molecular weight is 337 g/mol. The second kappa shape index (κ2) is 6.16. The highest BCUT2D eigenvalue weighted by atomic mass is 16.2. The van der Waals surface area contributed by atoms with Gasteiger partial charge in [-0.2, -0.15) is 10.2 Å². The van der Waals surface area contributed by atoms with Gasteiger partial charge in [-0.15, -0.1) is 0 Å². The molecule has 0 spiro atoms. The number of carbonyl (C=O) groups is 1. The Morgan fingerprint density at radius 3 is 2.76 bits per heavy atom. The molecule has 7 heteroatoms. The van der Waals surface area contributed by atoms with Crippen LogP contribution in [0.25, 0.3) is 5.52 Å². The molecule has 2 heterocycles. The van der Waals surface area contributed by atoms with Crippen molar-refractivity contribution in [2.24, 2.45) is 0 Å². The van der Waals surface area contributed by atoms with Gasteiger partial charge in [0, 0.05) is 11.3 Å². The summed E-state index contributed by atoms with van der Waals surface area (Å²) < 4.78 is 2.75. The summed E-state index contributed by atoms with van der Waals surface area (Å²) in [6, 6.07) is 7.51. The fourth-order valence-electron chi connectivity index (χ4n) is 3.26. The third-order valence-electron chi connectivity index (χ3n) is 4.55. The third-order valence-corrected chi connectivity index (χ3v) is 4.55. The molecule has 0 saturated carbocycles. The van der Waals surface area contributed by atoms with E-state index in [1.807, 2.05) is 31.2 Å². The Bertz CT molecular complexity index is 1000. The van der Waals surface area contributed by atoms with Crippen molar-refractivity contribution < 1.29 is 4.79 Å². The zero-order valence-corrected chi connectivity index (χ0v) is 14.0. The number of fused-ring (bicyclic) bond motifs is 3. The van der Waals surface area contributed by atoms with Gasteiger partial charge >= 0.3 is 0 Å². The number of benzene rings is 1. The molecule has 0 aliphatic heterocycles. The number of hydrogen-bond donors (Lipinski definition) is 1. The first-order valence-corrected chi connectivity index (χ1v) is 8.44. The number of nitrogens with zero attached hydrogens (tertiary/aromatic N) is 4. The Labute approximate surface area is 144 Å². The number of amides is 1. The van der Waals surface area contributed by atoms with Crippen molar-refractivity contribution >= 4 is 17.1 Å². The van der Waals surface area contributed by atoms with Crippen LogP contribution in [0.3, 0.4) is 0 Å². The fraction of sp³-hybridized carbons (Fsp3) is 0.333. The fourth-order valence-corrected chi connectivity index (χ4v) is 3.26. The normalized spacial score (nSPS) is 13.6. The second-order valence-corrected chi connectivity index (χ2v) is 6.43. The Kier molecular flexibility index (Phi) is 3.83. The molecular formula is C18H19N5O2. The summed E-state index contributed by atoms with van der Waals surface area (Å²) in [4.78, 5) is 25.0. The van der Waals surface area contributed by atoms with Crippen molar-refractivity contribution in [3.05, 3.63) is 57.8 Å². The lowest BCUT2D eigenvalue weighted by molar-refractivity contribution is -0.117. The van der Waals surface area contributed by atoms with Crippen molar-refractivity contribution in [1.82, 2.24) is 19.4 Å². The second-order valence-electron chi connectivity index (χ2n) is 6.43. The van der Waals surface area contributed by atoms with Crippen LogP contribution in [0.15, 0.2) is 35.4 Å². The first-order valence-electron chi connectivity index (χ1n) is 8.44. The molecule has 4 rings (SSSR count). The summed E-state index contributed by atoms with van der Waals surface area (Å²) in [6.45, 7) is 1.86. The molecule has 0 saturated heterocycles. The highest BCUT2D eigenvalue weighted by molar-refractivity contribution is 5.90. The minimum Gasteiger partial charge on any atom is -0.324 e. The summed E-state index contributed by atoms with van der Waals surface area (Å²) >= 11 is 0. The molecule has 7 nitrogen and oxygen atoms in total. The number of nitrogens with one attached hydrogen (secondary N) is 1. The monoisotopic (exact) mass is 337 g/mol. The standard InChI is InChI=1S/C18H19N5O2/c1-12-6-8-13(9-7-12)20-16(24)10-22-18(25)17-14-4-2-3-5-15(14)21-23(17)11-19-22/h6-9,11H,2-5,10H2,1H3,(H,20,24). The Morgan fingerprint density at radius 2 is 1.96 bits per heavy atom. The lowest BCUT2D eigenvalue weighted by Gasteiger charge is -2.09. The summed E-state index contributed by atoms with van der Waals surface area (Å²) in [5.74, 6) is -0.281. The third kappa shape index (κ3) is 2.93. The van der Waals surface area contributed by atoms with Gasteiger partial charge in [0.25, 0.3) is 5.56 Å². The first-order chi connectivity index (χ1) is 12.1. The first kappa shape index (κ1) is 15.6. The number of carbonyl (C=O) groups excluding carboxylic acids is 1. The number of anilines is 1. The van der Waals surface area contributed by atoms with Crippen molar-refractivity contribution in [3.63, 3.8) is 0 Å². The predicted octanol–water partition coefficient (Wildman–Crippen LogP) is 1.72. The van der Waals surface area contributed by atoms with Crippen LogP contribution in [0.4, 0.5) is 5.69 Å². The van der Waals surface area contributed by atoms with Crippen molar-refractivity contribution in [2.75, 3.05) is 5.32 Å². The summed E-state index contributed by atoms with van der Waals surface area (Å²) in [5.41, 5.74) is 4.08. The summed E-state index contributed by atoms with van der Waals surface area (Å²) in [5, 5.41) is 11.3. The average Bonchev–Trinajstić information content (AvgIpc) is 2.99. The van der Waals surface area contributed by atoms with E-state index in [2.05, 4.69) is 15.5 Å². The Balaban J connectivity index is 1.61. The maximum absolute atomic E-state index is 12.8. The van der Waals surface area contributed by atoms with Crippen LogP contribution >= 0.6 is 0 Å². The van der Waals surface area contributed by atoms with Crippen LogP contribution in [0.5, 0.6) is 0 Å². The smallest absolute Gasteiger partial charge is 0.293 e. The number of rotatable bonds is 3. The van der Waals surface area contributed by atoms with E-state index < -0.39 is 0 Å².